The van der Waals surface area contributed by atoms with Gasteiger partial charge in [0.15, 0.2) is 17.3 Å². The van der Waals surface area contributed by atoms with Gasteiger partial charge in [-0.25, -0.2) is 0 Å². The second kappa shape index (κ2) is 7.09. The van der Waals surface area contributed by atoms with E-state index < -0.39 is 34.6 Å². The SMILES string of the molecule is CC(=O)C1C(=O)C=C2Oc3c(C(N)=O)c(OCc4ccccc4)cc(O)c3[C@]2(C)C1=O. The van der Waals surface area contributed by atoms with Crippen molar-refractivity contribution in [1.82, 2.24) is 0 Å². The minimum absolute atomic E-state index is 0.0247. The van der Waals surface area contributed by atoms with E-state index >= 15 is 0 Å². The number of phenols is 1. The number of rotatable bonds is 5. The van der Waals surface area contributed by atoms with Crippen LogP contribution in [0.2, 0.25) is 0 Å². The molecule has 1 heterocycles. The molecule has 1 aliphatic heterocycles. The highest BCUT2D eigenvalue weighted by atomic mass is 16.5. The number of Topliss-reactive ketones (excluding diaryl/α,β-unsaturated/α-hetero) is 2. The predicted molar refractivity (Wildman–Crippen MR) is 108 cm³/mol. The quantitative estimate of drug-likeness (QED) is 0.705. The maximum Gasteiger partial charge on any atom is 0.256 e. The van der Waals surface area contributed by atoms with Crippen LogP contribution in [0.3, 0.4) is 0 Å². The molecule has 1 amide bonds. The molecule has 2 atom stereocenters. The van der Waals surface area contributed by atoms with E-state index in [1.165, 1.54) is 13.0 Å². The fourth-order valence-corrected chi connectivity index (χ4v) is 4.06. The molecule has 4 rings (SSSR count). The molecule has 0 fully saturated rings. The lowest BCUT2D eigenvalue weighted by Gasteiger charge is -2.30. The maximum atomic E-state index is 13.2. The van der Waals surface area contributed by atoms with Gasteiger partial charge < -0.3 is 20.3 Å². The van der Waals surface area contributed by atoms with Gasteiger partial charge in [-0.3, -0.25) is 19.2 Å². The van der Waals surface area contributed by atoms with E-state index in [1.54, 1.807) is 0 Å². The van der Waals surface area contributed by atoms with Crippen molar-refractivity contribution < 1.29 is 33.8 Å². The third kappa shape index (κ3) is 2.99. The van der Waals surface area contributed by atoms with Crippen molar-refractivity contribution in [2.45, 2.75) is 25.9 Å². The smallest absolute Gasteiger partial charge is 0.256 e. The molecule has 158 valence electrons. The number of carbonyl (C=O) groups is 4. The number of carbonyl (C=O) groups excluding carboxylic acids is 4. The summed E-state index contributed by atoms with van der Waals surface area (Å²) in [5.41, 5.74) is 4.57. The Morgan fingerprint density at radius 1 is 1.23 bits per heavy atom. The number of benzene rings is 2. The zero-order valence-electron chi connectivity index (χ0n) is 16.8. The molecule has 8 nitrogen and oxygen atoms in total. The van der Waals surface area contributed by atoms with Crippen molar-refractivity contribution >= 4 is 23.3 Å². The van der Waals surface area contributed by atoms with E-state index in [0.717, 1.165) is 18.6 Å². The van der Waals surface area contributed by atoms with Gasteiger partial charge in [-0.15, -0.1) is 0 Å². The minimum atomic E-state index is -1.62. The highest BCUT2D eigenvalue weighted by molar-refractivity contribution is 6.27. The van der Waals surface area contributed by atoms with Crippen LogP contribution in [-0.2, 0) is 26.4 Å². The highest BCUT2D eigenvalue weighted by Crippen LogP contribution is 2.56. The molecule has 31 heavy (non-hydrogen) atoms. The van der Waals surface area contributed by atoms with Crippen molar-refractivity contribution in [2.24, 2.45) is 11.7 Å². The monoisotopic (exact) mass is 421 g/mol. The lowest BCUT2D eigenvalue weighted by atomic mass is 9.67. The minimum Gasteiger partial charge on any atom is -0.507 e. The van der Waals surface area contributed by atoms with Crippen LogP contribution in [0.15, 0.2) is 48.2 Å². The lowest BCUT2D eigenvalue weighted by Crippen LogP contribution is -2.47. The van der Waals surface area contributed by atoms with Crippen LogP contribution in [0.1, 0.15) is 35.3 Å². The summed E-state index contributed by atoms with van der Waals surface area (Å²) in [6.07, 6.45) is 1.06. The van der Waals surface area contributed by atoms with E-state index in [9.17, 15) is 24.3 Å². The summed E-state index contributed by atoms with van der Waals surface area (Å²) < 4.78 is 11.4. The number of aromatic hydroxyl groups is 1. The molecular weight excluding hydrogens is 402 g/mol. The second-order valence-corrected chi connectivity index (χ2v) is 7.66. The van der Waals surface area contributed by atoms with Gasteiger partial charge in [0.05, 0.1) is 5.56 Å². The average Bonchev–Trinajstić information content (AvgIpc) is 3.00. The van der Waals surface area contributed by atoms with Gasteiger partial charge in [0.2, 0.25) is 0 Å². The third-order valence-electron chi connectivity index (χ3n) is 5.63. The number of fused-ring (bicyclic) bond motifs is 3. The molecule has 0 saturated carbocycles. The summed E-state index contributed by atoms with van der Waals surface area (Å²) in [5.74, 6) is -5.10. The number of allylic oxidation sites excluding steroid dienone is 2. The third-order valence-corrected chi connectivity index (χ3v) is 5.63. The van der Waals surface area contributed by atoms with Crippen LogP contribution >= 0.6 is 0 Å². The summed E-state index contributed by atoms with van der Waals surface area (Å²) >= 11 is 0. The summed E-state index contributed by atoms with van der Waals surface area (Å²) in [7, 11) is 0. The number of amides is 1. The van der Waals surface area contributed by atoms with Crippen molar-refractivity contribution in [1.29, 1.82) is 0 Å². The molecule has 2 aromatic rings. The molecule has 0 bridgehead atoms. The van der Waals surface area contributed by atoms with E-state index in [0.29, 0.717) is 0 Å². The van der Waals surface area contributed by atoms with E-state index in [1.807, 2.05) is 30.3 Å². The first-order valence-electron chi connectivity index (χ1n) is 9.51. The van der Waals surface area contributed by atoms with Gasteiger partial charge in [0.25, 0.3) is 5.91 Å². The lowest BCUT2D eigenvalue weighted by molar-refractivity contribution is -0.140. The maximum absolute atomic E-state index is 13.2. The van der Waals surface area contributed by atoms with Crippen LogP contribution in [-0.4, -0.2) is 28.4 Å². The van der Waals surface area contributed by atoms with Crippen LogP contribution in [0.4, 0.5) is 0 Å². The first-order chi connectivity index (χ1) is 14.7. The second-order valence-electron chi connectivity index (χ2n) is 7.66. The first-order valence-corrected chi connectivity index (χ1v) is 9.51. The van der Waals surface area contributed by atoms with E-state index in [4.69, 9.17) is 15.2 Å². The van der Waals surface area contributed by atoms with Crippen molar-refractivity contribution in [3.05, 3.63) is 64.9 Å². The Kier molecular flexibility index (Phi) is 4.65. The Morgan fingerprint density at radius 2 is 1.90 bits per heavy atom. The number of phenolic OH excluding ortho intramolecular Hbond substituents is 1. The Bertz CT molecular complexity index is 1180. The molecular formula is C23H19NO7. The zero-order chi connectivity index (χ0) is 22.5. The van der Waals surface area contributed by atoms with Crippen molar-refractivity contribution in [2.75, 3.05) is 0 Å². The van der Waals surface area contributed by atoms with Gasteiger partial charge in [-0.2, -0.15) is 0 Å². The van der Waals surface area contributed by atoms with Crippen molar-refractivity contribution in [3.8, 4) is 17.2 Å². The fourth-order valence-electron chi connectivity index (χ4n) is 4.06. The van der Waals surface area contributed by atoms with Gasteiger partial charge in [0, 0.05) is 12.1 Å². The number of ether oxygens (including phenoxy) is 2. The number of hydrogen-bond donors (Lipinski definition) is 2. The Hall–Kier alpha value is -3.94. The van der Waals surface area contributed by atoms with Crippen LogP contribution in [0.5, 0.6) is 17.2 Å². The topological polar surface area (TPSA) is 133 Å². The summed E-state index contributed by atoms with van der Waals surface area (Å²) in [4.78, 5) is 49.7. The molecule has 1 unspecified atom stereocenters. The summed E-state index contributed by atoms with van der Waals surface area (Å²) in [6.45, 7) is 2.67. The van der Waals surface area contributed by atoms with Crippen molar-refractivity contribution in [3.63, 3.8) is 0 Å². The van der Waals surface area contributed by atoms with Gasteiger partial charge in [0.1, 0.15) is 46.5 Å². The number of ketones is 3. The summed E-state index contributed by atoms with van der Waals surface area (Å²) in [6, 6.07) is 10.3. The van der Waals surface area contributed by atoms with E-state index in [-0.39, 0.29) is 40.7 Å². The van der Waals surface area contributed by atoms with Crippen LogP contribution in [0, 0.1) is 5.92 Å². The Morgan fingerprint density at radius 3 is 2.52 bits per heavy atom. The normalized spacial score (nSPS) is 21.6. The molecule has 0 aromatic heterocycles. The van der Waals surface area contributed by atoms with E-state index in [2.05, 4.69) is 0 Å². The van der Waals surface area contributed by atoms with Gasteiger partial charge >= 0.3 is 0 Å². The van der Waals surface area contributed by atoms with Gasteiger partial charge in [-0.1, -0.05) is 30.3 Å². The number of hydrogen-bond acceptors (Lipinski definition) is 7. The average molecular weight is 421 g/mol. The van der Waals surface area contributed by atoms with Gasteiger partial charge in [-0.05, 0) is 19.4 Å². The standard InChI is InChI=1S/C23H19NO7/c1-11(25)17-13(26)9-16-23(2,21(17)28)19-14(27)8-15(18(22(24)29)20(19)31-16)30-10-12-6-4-3-5-7-12/h3-9,17,27H,10H2,1-2H3,(H2,24,29)/t17?,23-/m1/s1. The first kappa shape index (κ1) is 20.3. The number of primary amides is 1. The summed E-state index contributed by atoms with van der Waals surface area (Å²) in [5, 5.41) is 10.8. The highest BCUT2D eigenvalue weighted by Gasteiger charge is 2.58. The molecule has 0 radical (unpaired) electrons. The molecule has 0 spiro atoms. The Balaban J connectivity index is 1.85. The Labute approximate surface area is 177 Å². The largest absolute Gasteiger partial charge is 0.507 e. The molecule has 2 aliphatic rings. The van der Waals surface area contributed by atoms with Crippen LogP contribution < -0.4 is 15.2 Å². The molecule has 1 aliphatic carbocycles. The number of nitrogens with two attached hydrogens (primary N) is 1. The molecule has 3 N–H and O–H groups in total. The predicted octanol–water partition coefficient (Wildman–Crippen LogP) is 1.96. The molecule has 2 aromatic carbocycles. The fraction of sp³-hybridized carbons (Fsp3) is 0.217. The zero-order valence-corrected chi connectivity index (χ0v) is 16.8. The molecule has 0 saturated heterocycles. The van der Waals surface area contributed by atoms with Crippen LogP contribution in [0.25, 0.3) is 0 Å². The molecule has 8 heteroatoms.